The molecular formula is C11H14Cl2N2OS. The summed E-state index contributed by atoms with van der Waals surface area (Å²) in [6, 6.07) is 3.37. The van der Waals surface area contributed by atoms with E-state index < -0.39 is 11.4 Å². The highest BCUT2D eigenvalue weighted by Gasteiger charge is 2.10. The number of halogens is 2. The monoisotopic (exact) mass is 292 g/mol. The van der Waals surface area contributed by atoms with Gasteiger partial charge in [0.2, 0.25) is 0 Å². The lowest BCUT2D eigenvalue weighted by molar-refractivity contribution is 0.593. The van der Waals surface area contributed by atoms with Crippen molar-refractivity contribution >= 4 is 40.3 Å². The van der Waals surface area contributed by atoms with Gasteiger partial charge in [0, 0.05) is 5.56 Å². The second kappa shape index (κ2) is 7.21. The summed E-state index contributed by atoms with van der Waals surface area (Å²) < 4.78 is 15.7. The Labute approximate surface area is 115 Å². The van der Waals surface area contributed by atoms with Crippen LogP contribution in [-0.2, 0) is 11.4 Å². The molecule has 1 rings (SSSR count). The van der Waals surface area contributed by atoms with Crippen LogP contribution in [0.4, 0.5) is 0 Å². The molecule has 1 atom stereocenters. The molecule has 0 aromatic carbocycles. The number of rotatable bonds is 5. The van der Waals surface area contributed by atoms with E-state index >= 15 is 0 Å². The minimum atomic E-state index is -1.20. The van der Waals surface area contributed by atoms with Crippen molar-refractivity contribution in [2.45, 2.75) is 26.7 Å². The molecule has 0 saturated carbocycles. The third-order valence-electron chi connectivity index (χ3n) is 2.12. The van der Waals surface area contributed by atoms with Gasteiger partial charge in [-0.05, 0) is 25.5 Å². The summed E-state index contributed by atoms with van der Waals surface area (Å²) in [7, 11) is 0. The molecule has 0 unspecified atom stereocenters. The van der Waals surface area contributed by atoms with E-state index in [9.17, 15) is 4.55 Å². The smallest absolute Gasteiger partial charge is 0.140 e. The zero-order chi connectivity index (χ0) is 12.8. The maximum atomic E-state index is 11.6. The summed E-state index contributed by atoms with van der Waals surface area (Å²) in [6.07, 6.45) is 1.90. The molecule has 0 saturated heterocycles. The Kier molecular flexibility index (Phi) is 6.27. The first-order valence-electron chi connectivity index (χ1n) is 5.30. The zero-order valence-electron chi connectivity index (χ0n) is 9.74. The molecule has 1 aromatic heterocycles. The molecule has 0 spiro atoms. The van der Waals surface area contributed by atoms with Crippen molar-refractivity contribution in [2.24, 2.45) is 4.40 Å². The van der Waals surface area contributed by atoms with Crippen LogP contribution in [0, 0.1) is 0 Å². The van der Waals surface area contributed by atoms with Gasteiger partial charge in [0.25, 0.3) is 0 Å². The Hall–Kier alpha value is -0.290. The van der Waals surface area contributed by atoms with E-state index in [0.29, 0.717) is 22.2 Å². The lowest BCUT2D eigenvalue weighted by Gasteiger charge is -2.06. The van der Waals surface area contributed by atoms with Crippen LogP contribution in [0.25, 0.3) is 0 Å². The Balaban J connectivity index is 2.80. The summed E-state index contributed by atoms with van der Waals surface area (Å²) in [5, 5.41) is 0.616. The third kappa shape index (κ3) is 4.84. The van der Waals surface area contributed by atoms with Crippen molar-refractivity contribution in [3.8, 4) is 0 Å². The van der Waals surface area contributed by atoms with Crippen molar-refractivity contribution < 1.29 is 4.55 Å². The van der Waals surface area contributed by atoms with E-state index in [1.807, 2.05) is 6.92 Å². The average Bonchev–Trinajstić information content (AvgIpc) is 2.26. The molecule has 0 aliphatic heterocycles. The largest absolute Gasteiger partial charge is 0.591 e. The summed E-state index contributed by atoms with van der Waals surface area (Å²) in [6.45, 7) is 3.81. The molecule has 0 bridgehead atoms. The van der Waals surface area contributed by atoms with Crippen LogP contribution in [0.2, 0.25) is 10.3 Å². The van der Waals surface area contributed by atoms with Gasteiger partial charge < -0.3 is 4.55 Å². The van der Waals surface area contributed by atoms with Gasteiger partial charge in [-0.2, -0.15) is 0 Å². The summed E-state index contributed by atoms with van der Waals surface area (Å²) >= 11 is 10.4. The van der Waals surface area contributed by atoms with Crippen LogP contribution in [0.1, 0.15) is 32.3 Å². The molecule has 6 heteroatoms. The minimum absolute atomic E-state index is 0.284. The Bertz CT molecular complexity index is 412. The van der Waals surface area contributed by atoms with E-state index in [1.54, 1.807) is 19.1 Å². The molecule has 0 aliphatic rings. The highest BCUT2D eigenvalue weighted by molar-refractivity contribution is 7.90. The van der Waals surface area contributed by atoms with Gasteiger partial charge in [-0.25, -0.2) is 4.98 Å². The van der Waals surface area contributed by atoms with Crippen LogP contribution in [-0.4, -0.2) is 21.0 Å². The first-order valence-corrected chi connectivity index (χ1v) is 7.34. The fourth-order valence-corrected chi connectivity index (χ4v) is 2.71. The van der Waals surface area contributed by atoms with Crippen molar-refractivity contribution in [1.29, 1.82) is 0 Å². The van der Waals surface area contributed by atoms with Gasteiger partial charge in [0.15, 0.2) is 0 Å². The molecule has 0 aliphatic carbocycles. The van der Waals surface area contributed by atoms with Crippen LogP contribution >= 0.6 is 23.2 Å². The van der Waals surface area contributed by atoms with Crippen LogP contribution in [0.3, 0.4) is 0 Å². The molecule has 3 nitrogen and oxygen atoms in total. The van der Waals surface area contributed by atoms with Gasteiger partial charge in [0.05, 0.1) is 17.1 Å². The van der Waals surface area contributed by atoms with Gasteiger partial charge in [-0.1, -0.05) is 40.9 Å². The standard InChI is InChI=1S/C11H14Cl2N2OS/c1-3-4-7-17(16)15-8(2)9-5-6-10(12)14-11(9)13/h5-6H,3-4,7H2,1-2H3/b15-8-/t17-/m1/s1. The Morgan fingerprint density at radius 1 is 1.47 bits per heavy atom. The van der Waals surface area contributed by atoms with Crippen molar-refractivity contribution in [3.05, 3.63) is 28.0 Å². The van der Waals surface area contributed by atoms with Crippen molar-refractivity contribution in [2.75, 3.05) is 5.75 Å². The molecule has 0 radical (unpaired) electrons. The van der Waals surface area contributed by atoms with Gasteiger partial charge in [-0.3, -0.25) is 0 Å². The first kappa shape index (κ1) is 14.8. The quantitative estimate of drug-likeness (QED) is 0.472. The summed E-state index contributed by atoms with van der Waals surface area (Å²) in [5.74, 6) is 0.576. The van der Waals surface area contributed by atoms with Crippen molar-refractivity contribution in [1.82, 2.24) is 4.98 Å². The minimum Gasteiger partial charge on any atom is -0.591 e. The number of hydrogen-bond acceptors (Lipinski definition) is 3. The molecule has 0 fully saturated rings. The molecule has 1 aromatic rings. The van der Waals surface area contributed by atoms with Crippen LogP contribution in [0.15, 0.2) is 16.5 Å². The predicted octanol–water partition coefficient (Wildman–Crippen LogP) is 3.66. The van der Waals surface area contributed by atoms with E-state index in [4.69, 9.17) is 23.2 Å². The molecular weight excluding hydrogens is 279 g/mol. The fourth-order valence-electron chi connectivity index (χ4n) is 1.20. The predicted molar refractivity (Wildman–Crippen MR) is 74.4 cm³/mol. The van der Waals surface area contributed by atoms with Gasteiger partial charge in [-0.15, -0.1) is 0 Å². The number of hydrogen-bond donors (Lipinski definition) is 0. The third-order valence-corrected chi connectivity index (χ3v) is 3.73. The second-order valence-corrected chi connectivity index (χ2v) is 5.51. The molecule has 1 heterocycles. The number of aromatic nitrogens is 1. The van der Waals surface area contributed by atoms with Crippen LogP contribution < -0.4 is 0 Å². The Morgan fingerprint density at radius 2 is 2.18 bits per heavy atom. The summed E-state index contributed by atoms with van der Waals surface area (Å²) in [5.41, 5.74) is 1.29. The first-order chi connectivity index (χ1) is 8.04. The maximum absolute atomic E-state index is 11.6. The normalized spacial score (nSPS) is 13.8. The van der Waals surface area contributed by atoms with E-state index in [0.717, 1.165) is 12.8 Å². The second-order valence-electron chi connectivity index (χ2n) is 3.53. The number of pyridine rings is 1. The molecule has 0 N–H and O–H groups in total. The van der Waals surface area contributed by atoms with Gasteiger partial charge in [0.1, 0.15) is 16.1 Å². The van der Waals surface area contributed by atoms with Crippen molar-refractivity contribution in [3.63, 3.8) is 0 Å². The highest BCUT2D eigenvalue weighted by atomic mass is 35.5. The number of nitrogens with zero attached hydrogens (tertiary/aromatic N) is 2. The zero-order valence-corrected chi connectivity index (χ0v) is 12.1. The molecule has 94 valence electrons. The highest BCUT2D eigenvalue weighted by Crippen LogP contribution is 2.18. The SMILES string of the molecule is CCCC[S@@+]([O-])/N=C(/C)c1ccc(Cl)nc1Cl. The van der Waals surface area contributed by atoms with E-state index in [1.165, 1.54) is 0 Å². The lowest BCUT2D eigenvalue weighted by Crippen LogP contribution is -2.07. The topological polar surface area (TPSA) is 48.3 Å². The average molecular weight is 293 g/mol. The van der Waals surface area contributed by atoms with E-state index in [-0.39, 0.29) is 5.15 Å². The van der Waals surface area contributed by atoms with E-state index in [2.05, 4.69) is 9.38 Å². The summed E-state index contributed by atoms with van der Waals surface area (Å²) in [4.78, 5) is 3.92. The molecule has 17 heavy (non-hydrogen) atoms. The van der Waals surface area contributed by atoms with Gasteiger partial charge >= 0.3 is 0 Å². The molecule has 0 amide bonds. The fraction of sp³-hybridized carbons (Fsp3) is 0.455. The van der Waals surface area contributed by atoms with Crippen LogP contribution in [0.5, 0.6) is 0 Å². The Morgan fingerprint density at radius 3 is 2.76 bits per heavy atom. The lowest BCUT2D eigenvalue weighted by atomic mass is 10.2. The maximum Gasteiger partial charge on any atom is 0.140 e. The number of unbranched alkanes of at least 4 members (excludes halogenated alkanes) is 1.